The van der Waals surface area contributed by atoms with E-state index in [2.05, 4.69) is 24.4 Å². The van der Waals surface area contributed by atoms with Crippen LogP contribution in [0.5, 0.6) is 0 Å². The van der Waals surface area contributed by atoms with Gasteiger partial charge in [0.25, 0.3) is 0 Å². The van der Waals surface area contributed by atoms with Gasteiger partial charge in [0, 0.05) is 29.2 Å². The molecule has 0 saturated heterocycles. The van der Waals surface area contributed by atoms with E-state index in [1.54, 1.807) is 0 Å². The van der Waals surface area contributed by atoms with E-state index in [-0.39, 0.29) is 11.8 Å². The molecular weight excluding hydrogens is 286 g/mol. The van der Waals surface area contributed by atoms with Crippen LogP contribution in [0.2, 0.25) is 0 Å². The largest absolute Gasteiger partial charge is 0.465 e. The van der Waals surface area contributed by atoms with Gasteiger partial charge in [0.1, 0.15) is 11.5 Å². The SMILES string of the molecule is CCc1cc(-c2c(C)oc3c2CCC3)ccc1NC(=O)C(C)C. The summed E-state index contributed by atoms with van der Waals surface area (Å²) < 4.78 is 5.94. The van der Waals surface area contributed by atoms with Gasteiger partial charge in [-0.3, -0.25) is 4.79 Å². The van der Waals surface area contributed by atoms with Crippen LogP contribution in [0.1, 0.15) is 49.8 Å². The predicted molar refractivity (Wildman–Crippen MR) is 93.8 cm³/mol. The van der Waals surface area contributed by atoms with Gasteiger partial charge >= 0.3 is 0 Å². The van der Waals surface area contributed by atoms with E-state index in [0.29, 0.717) is 0 Å². The predicted octanol–water partition coefficient (Wildman–Crippen LogP) is 4.90. The molecule has 3 heteroatoms. The molecule has 1 aliphatic rings. The Hall–Kier alpha value is -2.03. The van der Waals surface area contributed by atoms with Crippen molar-refractivity contribution in [2.75, 3.05) is 5.32 Å². The summed E-state index contributed by atoms with van der Waals surface area (Å²) in [5, 5.41) is 3.04. The van der Waals surface area contributed by atoms with E-state index >= 15 is 0 Å². The second kappa shape index (κ2) is 6.23. The lowest BCUT2D eigenvalue weighted by molar-refractivity contribution is -0.118. The number of amides is 1. The molecule has 1 aromatic carbocycles. The summed E-state index contributed by atoms with van der Waals surface area (Å²) in [5.74, 6) is 2.22. The minimum atomic E-state index is -0.0150. The lowest BCUT2D eigenvalue weighted by Crippen LogP contribution is -2.18. The number of nitrogens with one attached hydrogen (secondary N) is 1. The average molecular weight is 311 g/mol. The minimum Gasteiger partial charge on any atom is -0.465 e. The van der Waals surface area contributed by atoms with Crippen molar-refractivity contribution in [3.8, 4) is 11.1 Å². The zero-order valence-electron chi connectivity index (χ0n) is 14.5. The van der Waals surface area contributed by atoms with E-state index in [0.717, 1.165) is 36.5 Å². The Bertz CT molecular complexity index is 740. The molecule has 1 amide bonds. The molecule has 1 aromatic heterocycles. The highest BCUT2D eigenvalue weighted by atomic mass is 16.3. The Morgan fingerprint density at radius 3 is 2.78 bits per heavy atom. The summed E-state index contributed by atoms with van der Waals surface area (Å²) in [6, 6.07) is 6.33. The third kappa shape index (κ3) is 2.92. The van der Waals surface area contributed by atoms with Crippen molar-refractivity contribution in [3.05, 3.63) is 40.8 Å². The first-order valence-electron chi connectivity index (χ1n) is 8.56. The summed E-state index contributed by atoms with van der Waals surface area (Å²) >= 11 is 0. The molecule has 1 heterocycles. The summed E-state index contributed by atoms with van der Waals surface area (Å²) in [5.41, 5.74) is 5.93. The maximum atomic E-state index is 12.0. The molecule has 122 valence electrons. The quantitative estimate of drug-likeness (QED) is 0.872. The van der Waals surface area contributed by atoms with E-state index < -0.39 is 0 Å². The maximum absolute atomic E-state index is 12.0. The van der Waals surface area contributed by atoms with Gasteiger partial charge < -0.3 is 9.73 Å². The van der Waals surface area contributed by atoms with Gasteiger partial charge in [-0.2, -0.15) is 0 Å². The highest BCUT2D eigenvalue weighted by Gasteiger charge is 2.23. The topological polar surface area (TPSA) is 42.2 Å². The summed E-state index contributed by atoms with van der Waals surface area (Å²) in [6.45, 7) is 7.99. The number of furan rings is 1. The van der Waals surface area contributed by atoms with Crippen LogP contribution in [0.25, 0.3) is 11.1 Å². The molecule has 3 rings (SSSR count). The molecule has 0 radical (unpaired) electrons. The fraction of sp³-hybridized carbons (Fsp3) is 0.450. The number of rotatable bonds is 4. The van der Waals surface area contributed by atoms with Crippen LogP contribution < -0.4 is 5.32 Å². The molecule has 3 nitrogen and oxygen atoms in total. The van der Waals surface area contributed by atoms with E-state index in [9.17, 15) is 4.79 Å². The van der Waals surface area contributed by atoms with Crippen molar-refractivity contribution in [1.29, 1.82) is 0 Å². The summed E-state index contributed by atoms with van der Waals surface area (Å²) in [7, 11) is 0. The number of hydrogen-bond donors (Lipinski definition) is 1. The van der Waals surface area contributed by atoms with Crippen LogP contribution in [0.15, 0.2) is 22.6 Å². The van der Waals surface area contributed by atoms with E-state index in [4.69, 9.17) is 4.42 Å². The maximum Gasteiger partial charge on any atom is 0.226 e. The van der Waals surface area contributed by atoms with E-state index in [1.807, 2.05) is 26.8 Å². The highest BCUT2D eigenvalue weighted by Crippen LogP contribution is 2.38. The third-order valence-corrected chi connectivity index (χ3v) is 4.65. The van der Waals surface area contributed by atoms with E-state index in [1.165, 1.54) is 28.7 Å². The highest BCUT2D eigenvalue weighted by molar-refractivity contribution is 5.93. The van der Waals surface area contributed by atoms with Gasteiger partial charge in [0.15, 0.2) is 0 Å². The number of carbonyl (C=O) groups excluding carboxylic acids is 1. The van der Waals surface area contributed by atoms with Crippen molar-refractivity contribution in [2.24, 2.45) is 5.92 Å². The van der Waals surface area contributed by atoms with Gasteiger partial charge in [-0.25, -0.2) is 0 Å². The van der Waals surface area contributed by atoms with Gasteiger partial charge in [-0.15, -0.1) is 0 Å². The van der Waals surface area contributed by atoms with Gasteiger partial charge in [0.05, 0.1) is 0 Å². The zero-order valence-corrected chi connectivity index (χ0v) is 14.5. The van der Waals surface area contributed by atoms with Gasteiger partial charge in [0.2, 0.25) is 5.91 Å². The number of hydrogen-bond acceptors (Lipinski definition) is 2. The van der Waals surface area contributed by atoms with Crippen molar-refractivity contribution < 1.29 is 9.21 Å². The lowest BCUT2D eigenvalue weighted by atomic mass is 9.97. The summed E-state index contributed by atoms with van der Waals surface area (Å²) in [4.78, 5) is 12.0. The van der Waals surface area contributed by atoms with Crippen LogP contribution in [-0.4, -0.2) is 5.91 Å². The second-order valence-electron chi connectivity index (χ2n) is 6.66. The Morgan fingerprint density at radius 2 is 2.09 bits per heavy atom. The molecule has 2 aromatic rings. The Balaban J connectivity index is 1.98. The van der Waals surface area contributed by atoms with Crippen LogP contribution in [0, 0.1) is 12.8 Å². The number of carbonyl (C=O) groups is 1. The normalized spacial score (nSPS) is 13.4. The van der Waals surface area contributed by atoms with Crippen molar-refractivity contribution in [1.82, 2.24) is 0 Å². The smallest absolute Gasteiger partial charge is 0.226 e. The fourth-order valence-electron chi connectivity index (χ4n) is 3.36. The lowest BCUT2D eigenvalue weighted by Gasteiger charge is -2.14. The Labute approximate surface area is 138 Å². The standard InChI is InChI=1S/C20H25NO2/c1-5-14-11-15(9-10-17(14)21-20(22)12(2)3)19-13(4)23-18-8-6-7-16(18)19/h9-12H,5-8H2,1-4H3,(H,21,22). The third-order valence-electron chi connectivity index (χ3n) is 4.65. The first kappa shape index (κ1) is 15.9. The Morgan fingerprint density at radius 1 is 1.30 bits per heavy atom. The number of benzene rings is 1. The molecule has 23 heavy (non-hydrogen) atoms. The van der Waals surface area contributed by atoms with Crippen molar-refractivity contribution >= 4 is 11.6 Å². The molecule has 0 unspecified atom stereocenters. The number of anilines is 1. The molecule has 1 aliphatic carbocycles. The monoisotopic (exact) mass is 311 g/mol. The molecule has 0 fully saturated rings. The van der Waals surface area contributed by atoms with Crippen LogP contribution >= 0.6 is 0 Å². The minimum absolute atomic E-state index is 0.0150. The van der Waals surface area contributed by atoms with Crippen molar-refractivity contribution in [2.45, 2.75) is 53.4 Å². The summed E-state index contributed by atoms with van der Waals surface area (Å²) in [6.07, 6.45) is 4.24. The molecule has 1 N–H and O–H groups in total. The Kier molecular flexibility index (Phi) is 4.29. The van der Waals surface area contributed by atoms with Crippen molar-refractivity contribution in [3.63, 3.8) is 0 Å². The van der Waals surface area contributed by atoms with Gasteiger partial charge in [-0.05, 0) is 49.4 Å². The van der Waals surface area contributed by atoms with Crippen LogP contribution in [-0.2, 0) is 24.1 Å². The molecule has 0 spiro atoms. The number of fused-ring (bicyclic) bond motifs is 1. The van der Waals surface area contributed by atoms with Gasteiger partial charge in [-0.1, -0.05) is 26.8 Å². The molecular formula is C20H25NO2. The van der Waals surface area contributed by atoms with Crippen LogP contribution in [0.3, 0.4) is 0 Å². The molecule has 0 bridgehead atoms. The first-order valence-corrected chi connectivity index (χ1v) is 8.56. The fourth-order valence-corrected chi connectivity index (χ4v) is 3.36. The zero-order chi connectivity index (χ0) is 16.6. The molecule has 0 saturated carbocycles. The molecule has 0 aliphatic heterocycles. The first-order chi connectivity index (χ1) is 11.0. The number of aryl methyl sites for hydroxylation is 3. The van der Waals surface area contributed by atoms with Crippen LogP contribution in [0.4, 0.5) is 5.69 Å². The molecule has 0 atom stereocenters. The second-order valence-corrected chi connectivity index (χ2v) is 6.66. The average Bonchev–Trinajstić information content (AvgIpc) is 3.07.